The van der Waals surface area contributed by atoms with Crippen molar-refractivity contribution >= 4 is 11.8 Å². The van der Waals surface area contributed by atoms with Gasteiger partial charge in [-0.1, -0.05) is 36.4 Å². The number of ether oxygens (including phenoxy) is 2. The van der Waals surface area contributed by atoms with Gasteiger partial charge in [-0.25, -0.2) is 0 Å². The average molecular weight is 354 g/mol. The van der Waals surface area contributed by atoms with Crippen LogP contribution >= 0.6 is 0 Å². The Morgan fingerprint density at radius 3 is 2.58 bits per heavy atom. The zero-order valence-corrected chi connectivity index (χ0v) is 14.7. The molecule has 0 saturated carbocycles. The van der Waals surface area contributed by atoms with Gasteiger partial charge in [0, 0.05) is 20.0 Å². The summed E-state index contributed by atoms with van der Waals surface area (Å²) in [5, 5.41) is 2.87. The molecule has 2 aromatic rings. The third kappa shape index (κ3) is 4.75. The lowest BCUT2D eigenvalue weighted by Crippen LogP contribution is -2.39. The van der Waals surface area contributed by atoms with Gasteiger partial charge in [-0.2, -0.15) is 0 Å². The summed E-state index contributed by atoms with van der Waals surface area (Å²) in [6.45, 7) is 2.58. The van der Waals surface area contributed by atoms with Crippen molar-refractivity contribution in [3.8, 4) is 11.5 Å². The molecule has 6 heteroatoms. The molecule has 0 saturated heterocycles. The van der Waals surface area contributed by atoms with E-state index in [4.69, 9.17) is 9.47 Å². The second-order valence-corrected chi connectivity index (χ2v) is 6.15. The molecule has 1 aliphatic rings. The van der Waals surface area contributed by atoms with Crippen molar-refractivity contribution < 1.29 is 19.1 Å². The third-order valence-electron chi connectivity index (χ3n) is 4.17. The number of fused-ring (bicyclic) bond motifs is 1. The van der Waals surface area contributed by atoms with Crippen LogP contribution in [-0.4, -0.2) is 36.6 Å². The molecule has 0 bridgehead atoms. The standard InChI is InChI=1S/C20H22N2O4/c1-15(23)22(12-17-7-8-18-19(11-17)26-14-25-18)13-20(24)21-10-9-16-5-3-2-4-6-16/h2-8,11H,9-10,12-14H2,1H3,(H,21,24). The smallest absolute Gasteiger partial charge is 0.239 e. The Morgan fingerprint density at radius 1 is 1.04 bits per heavy atom. The minimum absolute atomic E-state index is 0.0264. The third-order valence-corrected chi connectivity index (χ3v) is 4.17. The summed E-state index contributed by atoms with van der Waals surface area (Å²) in [5.41, 5.74) is 2.05. The molecule has 0 fully saturated rings. The summed E-state index contributed by atoms with van der Waals surface area (Å²) in [6, 6.07) is 15.5. The second kappa shape index (κ2) is 8.38. The molecule has 1 aliphatic heterocycles. The maximum absolute atomic E-state index is 12.2. The van der Waals surface area contributed by atoms with Gasteiger partial charge < -0.3 is 19.7 Å². The molecule has 136 valence electrons. The number of carbonyl (C=O) groups excluding carboxylic acids is 2. The number of hydrogen-bond donors (Lipinski definition) is 1. The van der Waals surface area contributed by atoms with Gasteiger partial charge in [0.05, 0.1) is 6.54 Å². The van der Waals surface area contributed by atoms with Crippen LogP contribution in [0.15, 0.2) is 48.5 Å². The molecule has 26 heavy (non-hydrogen) atoms. The van der Waals surface area contributed by atoms with Crippen LogP contribution in [0, 0.1) is 0 Å². The number of nitrogens with zero attached hydrogens (tertiary/aromatic N) is 1. The molecule has 0 unspecified atom stereocenters. The monoisotopic (exact) mass is 354 g/mol. The highest BCUT2D eigenvalue weighted by molar-refractivity contribution is 5.83. The lowest BCUT2D eigenvalue weighted by molar-refractivity contribution is -0.134. The first-order valence-electron chi connectivity index (χ1n) is 8.56. The zero-order valence-electron chi connectivity index (χ0n) is 14.7. The van der Waals surface area contributed by atoms with Crippen molar-refractivity contribution in [2.45, 2.75) is 19.9 Å². The molecular formula is C20H22N2O4. The lowest BCUT2D eigenvalue weighted by Gasteiger charge is -2.21. The van der Waals surface area contributed by atoms with E-state index in [1.165, 1.54) is 11.8 Å². The Hall–Kier alpha value is -3.02. The zero-order chi connectivity index (χ0) is 18.4. The van der Waals surface area contributed by atoms with Crippen LogP contribution in [0.5, 0.6) is 11.5 Å². The van der Waals surface area contributed by atoms with Gasteiger partial charge in [0.2, 0.25) is 18.6 Å². The van der Waals surface area contributed by atoms with Crippen molar-refractivity contribution in [2.75, 3.05) is 19.9 Å². The van der Waals surface area contributed by atoms with Crippen molar-refractivity contribution in [3.63, 3.8) is 0 Å². The van der Waals surface area contributed by atoms with Crippen LogP contribution < -0.4 is 14.8 Å². The molecule has 0 aliphatic carbocycles. The van der Waals surface area contributed by atoms with Gasteiger partial charge in [-0.15, -0.1) is 0 Å². The minimum atomic E-state index is -0.170. The first-order valence-corrected chi connectivity index (χ1v) is 8.56. The van der Waals surface area contributed by atoms with Crippen molar-refractivity contribution in [2.24, 2.45) is 0 Å². The molecule has 0 spiro atoms. The van der Waals surface area contributed by atoms with E-state index in [-0.39, 0.29) is 25.2 Å². The molecule has 2 aromatic carbocycles. The van der Waals surface area contributed by atoms with Gasteiger partial charge in [-0.05, 0) is 29.7 Å². The summed E-state index contributed by atoms with van der Waals surface area (Å²) >= 11 is 0. The molecule has 1 heterocycles. The first-order chi connectivity index (χ1) is 12.6. The van der Waals surface area contributed by atoms with Crippen LogP contribution in [-0.2, 0) is 22.6 Å². The Balaban J connectivity index is 1.51. The Kier molecular flexibility index (Phi) is 5.73. The topological polar surface area (TPSA) is 67.9 Å². The molecule has 2 amide bonds. The van der Waals surface area contributed by atoms with Crippen molar-refractivity contribution in [1.82, 2.24) is 10.2 Å². The Morgan fingerprint density at radius 2 is 1.81 bits per heavy atom. The number of amides is 2. The van der Waals surface area contributed by atoms with Crippen LogP contribution in [0.3, 0.4) is 0 Å². The van der Waals surface area contributed by atoms with Crippen LogP contribution in [0.1, 0.15) is 18.1 Å². The second-order valence-electron chi connectivity index (χ2n) is 6.15. The molecule has 3 rings (SSSR count). The number of rotatable bonds is 7. The van der Waals surface area contributed by atoms with E-state index >= 15 is 0 Å². The van der Waals surface area contributed by atoms with Crippen LogP contribution in [0.25, 0.3) is 0 Å². The van der Waals surface area contributed by atoms with Crippen molar-refractivity contribution in [3.05, 3.63) is 59.7 Å². The molecule has 1 N–H and O–H groups in total. The fourth-order valence-electron chi connectivity index (χ4n) is 2.76. The Labute approximate surface area is 152 Å². The highest BCUT2D eigenvalue weighted by Gasteiger charge is 2.17. The summed E-state index contributed by atoms with van der Waals surface area (Å²) < 4.78 is 10.6. The molecule has 0 radical (unpaired) electrons. The Bertz CT molecular complexity index is 777. The molecule has 0 aromatic heterocycles. The van der Waals surface area contributed by atoms with Crippen LogP contribution in [0.4, 0.5) is 0 Å². The SMILES string of the molecule is CC(=O)N(CC(=O)NCCc1ccccc1)Cc1ccc2c(c1)OCO2. The maximum atomic E-state index is 12.2. The van der Waals surface area contributed by atoms with Crippen molar-refractivity contribution in [1.29, 1.82) is 0 Å². The number of benzene rings is 2. The molecular weight excluding hydrogens is 332 g/mol. The van der Waals surface area contributed by atoms with Gasteiger partial charge in [0.15, 0.2) is 11.5 Å². The van der Waals surface area contributed by atoms with Gasteiger partial charge >= 0.3 is 0 Å². The fraction of sp³-hybridized carbons (Fsp3) is 0.300. The highest BCUT2D eigenvalue weighted by Crippen LogP contribution is 2.32. The number of hydrogen-bond acceptors (Lipinski definition) is 4. The summed E-state index contributed by atoms with van der Waals surface area (Å²) in [6.07, 6.45) is 0.759. The van der Waals surface area contributed by atoms with E-state index in [1.807, 2.05) is 48.5 Å². The summed E-state index contributed by atoms with van der Waals surface area (Å²) in [5.74, 6) is 1.04. The average Bonchev–Trinajstić information content (AvgIpc) is 3.10. The number of nitrogens with one attached hydrogen (secondary N) is 1. The van der Waals surface area contributed by atoms with E-state index in [9.17, 15) is 9.59 Å². The van der Waals surface area contributed by atoms with Gasteiger partial charge in [0.25, 0.3) is 0 Å². The molecule has 0 atom stereocenters. The summed E-state index contributed by atoms with van der Waals surface area (Å²) in [7, 11) is 0. The van der Waals surface area contributed by atoms with E-state index in [0.717, 1.165) is 17.5 Å². The largest absolute Gasteiger partial charge is 0.454 e. The number of carbonyl (C=O) groups is 2. The van der Waals surface area contributed by atoms with E-state index in [2.05, 4.69) is 5.32 Å². The minimum Gasteiger partial charge on any atom is -0.454 e. The highest BCUT2D eigenvalue weighted by atomic mass is 16.7. The quantitative estimate of drug-likeness (QED) is 0.827. The lowest BCUT2D eigenvalue weighted by atomic mass is 10.1. The fourth-order valence-corrected chi connectivity index (χ4v) is 2.76. The van der Waals surface area contributed by atoms with E-state index < -0.39 is 0 Å². The van der Waals surface area contributed by atoms with E-state index in [0.29, 0.717) is 24.6 Å². The van der Waals surface area contributed by atoms with E-state index in [1.54, 1.807) is 0 Å². The van der Waals surface area contributed by atoms with Gasteiger partial charge in [-0.3, -0.25) is 9.59 Å². The normalized spacial score (nSPS) is 11.9. The predicted molar refractivity (Wildman–Crippen MR) is 96.8 cm³/mol. The first kappa shape index (κ1) is 17.8. The maximum Gasteiger partial charge on any atom is 0.239 e. The van der Waals surface area contributed by atoms with Crippen LogP contribution in [0.2, 0.25) is 0 Å². The van der Waals surface area contributed by atoms with Gasteiger partial charge in [0.1, 0.15) is 0 Å². The summed E-state index contributed by atoms with van der Waals surface area (Å²) in [4.78, 5) is 25.6. The molecule has 6 nitrogen and oxygen atoms in total. The predicted octanol–water partition coefficient (Wildman–Crippen LogP) is 2.12.